The number of benzene rings is 1. The van der Waals surface area contributed by atoms with Crippen molar-refractivity contribution in [3.63, 3.8) is 0 Å². The van der Waals surface area contributed by atoms with Crippen LogP contribution in [0.4, 0.5) is 10.5 Å². The predicted molar refractivity (Wildman–Crippen MR) is 81.5 cm³/mol. The molecule has 19 heavy (non-hydrogen) atoms. The van der Waals surface area contributed by atoms with Crippen molar-refractivity contribution in [1.29, 1.82) is 0 Å². The van der Waals surface area contributed by atoms with Gasteiger partial charge in [0.1, 0.15) is 4.99 Å². The van der Waals surface area contributed by atoms with E-state index in [4.69, 9.17) is 18.0 Å². The summed E-state index contributed by atoms with van der Waals surface area (Å²) < 4.78 is 0. The van der Waals surface area contributed by atoms with Gasteiger partial charge in [-0.05, 0) is 37.1 Å². The number of carbonyl (C=O) groups excluding carboxylic acids is 1. The third kappa shape index (κ3) is 3.44. The number of hydrogen-bond donors (Lipinski definition) is 2. The molecule has 102 valence electrons. The number of amides is 2. The van der Waals surface area contributed by atoms with Crippen molar-refractivity contribution in [2.75, 3.05) is 11.9 Å². The second kappa shape index (κ2) is 6.02. The Hall–Kier alpha value is -1.62. The molecule has 1 aromatic carbocycles. The zero-order valence-electron chi connectivity index (χ0n) is 11.1. The number of nitrogens with one attached hydrogen (secondary N) is 1. The van der Waals surface area contributed by atoms with Crippen molar-refractivity contribution in [3.8, 4) is 0 Å². The predicted octanol–water partition coefficient (Wildman–Crippen LogP) is 2.41. The van der Waals surface area contributed by atoms with Crippen LogP contribution < -0.4 is 16.0 Å². The molecule has 0 bridgehead atoms. The molecule has 0 aromatic heterocycles. The van der Waals surface area contributed by atoms with E-state index in [-0.39, 0.29) is 6.03 Å². The molecule has 5 heteroatoms. The Morgan fingerprint density at radius 2 is 1.89 bits per heavy atom. The van der Waals surface area contributed by atoms with Crippen molar-refractivity contribution in [3.05, 3.63) is 29.8 Å². The van der Waals surface area contributed by atoms with Crippen LogP contribution in [0, 0.1) is 0 Å². The first-order chi connectivity index (χ1) is 9.08. The quantitative estimate of drug-likeness (QED) is 0.834. The van der Waals surface area contributed by atoms with E-state index in [1.165, 1.54) is 12.8 Å². The van der Waals surface area contributed by atoms with Gasteiger partial charge in [0.05, 0.1) is 0 Å². The second-order valence-corrected chi connectivity index (χ2v) is 5.34. The largest absolute Gasteiger partial charge is 0.389 e. The van der Waals surface area contributed by atoms with Gasteiger partial charge in [0.15, 0.2) is 0 Å². The number of rotatable bonds is 3. The lowest BCUT2D eigenvalue weighted by Gasteiger charge is -2.21. The summed E-state index contributed by atoms with van der Waals surface area (Å²) in [6.45, 7) is 0. The van der Waals surface area contributed by atoms with Gasteiger partial charge in [-0.25, -0.2) is 4.79 Å². The molecule has 0 aliphatic heterocycles. The normalized spacial score (nSPS) is 15.2. The molecule has 0 radical (unpaired) electrons. The van der Waals surface area contributed by atoms with Gasteiger partial charge < -0.3 is 11.1 Å². The Bertz CT molecular complexity index is 466. The minimum absolute atomic E-state index is 0.0602. The molecule has 0 spiro atoms. The van der Waals surface area contributed by atoms with Gasteiger partial charge in [-0.1, -0.05) is 25.1 Å². The van der Waals surface area contributed by atoms with Gasteiger partial charge in [-0.3, -0.25) is 4.90 Å². The molecule has 2 amide bonds. The van der Waals surface area contributed by atoms with E-state index in [0.717, 1.165) is 24.1 Å². The zero-order valence-corrected chi connectivity index (χ0v) is 11.9. The Morgan fingerprint density at radius 3 is 2.42 bits per heavy atom. The number of hydrogen-bond acceptors (Lipinski definition) is 2. The van der Waals surface area contributed by atoms with E-state index >= 15 is 0 Å². The summed E-state index contributed by atoms with van der Waals surface area (Å²) in [5.41, 5.74) is 7.18. The van der Waals surface area contributed by atoms with Crippen LogP contribution in [0.15, 0.2) is 24.3 Å². The van der Waals surface area contributed by atoms with E-state index in [2.05, 4.69) is 5.32 Å². The lowest BCUT2D eigenvalue weighted by atomic mass is 10.2. The second-order valence-electron chi connectivity index (χ2n) is 4.90. The van der Waals surface area contributed by atoms with E-state index < -0.39 is 0 Å². The summed E-state index contributed by atoms with van der Waals surface area (Å²) in [5.74, 6) is 0. The zero-order chi connectivity index (χ0) is 13.8. The number of anilines is 1. The minimum Gasteiger partial charge on any atom is -0.389 e. The highest BCUT2D eigenvalue weighted by molar-refractivity contribution is 7.80. The fourth-order valence-corrected chi connectivity index (χ4v) is 2.44. The number of carbonyl (C=O) groups is 1. The Morgan fingerprint density at radius 1 is 1.32 bits per heavy atom. The molecule has 0 saturated heterocycles. The first kappa shape index (κ1) is 13.8. The number of thiocarbonyl (C=S) groups is 1. The van der Waals surface area contributed by atoms with Gasteiger partial charge in [-0.2, -0.15) is 0 Å². The summed E-state index contributed by atoms with van der Waals surface area (Å²) in [7, 11) is 1.76. The van der Waals surface area contributed by atoms with E-state index in [1.54, 1.807) is 11.9 Å². The maximum atomic E-state index is 12.1. The minimum atomic E-state index is -0.0602. The van der Waals surface area contributed by atoms with Gasteiger partial charge >= 0.3 is 6.03 Å². The Kier molecular flexibility index (Phi) is 4.37. The third-order valence-corrected chi connectivity index (χ3v) is 3.76. The fraction of sp³-hybridized carbons (Fsp3) is 0.429. The Labute approximate surface area is 119 Å². The number of nitrogens with two attached hydrogens (primary N) is 1. The van der Waals surface area contributed by atoms with Crippen molar-refractivity contribution < 1.29 is 4.79 Å². The molecule has 0 atom stereocenters. The van der Waals surface area contributed by atoms with Crippen molar-refractivity contribution >= 4 is 28.9 Å². The lowest BCUT2D eigenvalue weighted by Crippen LogP contribution is -2.42. The maximum Gasteiger partial charge on any atom is 0.321 e. The van der Waals surface area contributed by atoms with Gasteiger partial charge in [-0.15, -0.1) is 0 Å². The maximum absolute atomic E-state index is 12.1. The standard InChI is InChI=1S/C14H19N3OS/c1-17(14(18)16-11-4-2-3-5-11)12-8-6-10(7-9-12)13(15)19/h6-9,11H,2-5H2,1H3,(H2,15,19)(H,16,18). The van der Waals surface area contributed by atoms with Crippen LogP contribution in [-0.2, 0) is 0 Å². The van der Waals surface area contributed by atoms with Crippen LogP contribution in [-0.4, -0.2) is 24.1 Å². The van der Waals surface area contributed by atoms with Crippen LogP contribution >= 0.6 is 12.2 Å². The van der Waals surface area contributed by atoms with Crippen LogP contribution in [0.25, 0.3) is 0 Å². The van der Waals surface area contributed by atoms with Crippen LogP contribution in [0.3, 0.4) is 0 Å². The molecule has 0 unspecified atom stereocenters. The van der Waals surface area contributed by atoms with Crippen molar-refractivity contribution in [1.82, 2.24) is 5.32 Å². The smallest absolute Gasteiger partial charge is 0.321 e. The number of nitrogens with zero attached hydrogens (tertiary/aromatic N) is 1. The van der Waals surface area contributed by atoms with Gasteiger partial charge in [0.25, 0.3) is 0 Å². The van der Waals surface area contributed by atoms with Gasteiger partial charge in [0.2, 0.25) is 0 Å². The fourth-order valence-electron chi connectivity index (χ4n) is 2.31. The van der Waals surface area contributed by atoms with E-state index in [9.17, 15) is 4.79 Å². The van der Waals surface area contributed by atoms with Crippen LogP contribution in [0.1, 0.15) is 31.2 Å². The number of urea groups is 1. The molecular formula is C14H19N3OS. The Balaban J connectivity index is 1.99. The van der Waals surface area contributed by atoms with Crippen molar-refractivity contribution in [2.45, 2.75) is 31.7 Å². The van der Waals surface area contributed by atoms with E-state index in [1.807, 2.05) is 24.3 Å². The molecule has 3 N–H and O–H groups in total. The molecule has 2 rings (SSSR count). The summed E-state index contributed by atoms with van der Waals surface area (Å²) in [6.07, 6.45) is 4.58. The molecule has 4 nitrogen and oxygen atoms in total. The highest BCUT2D eigenvalue weighted by Crippen LogP contribution is 2.19. The van der Waals surface area contributed by atoms with E-state index in [0.29, 0.717) is 11.0 Å². The summed E-state index contributed by atoms with van der Waals surface area (Å²) in [6, 6.07) is 7.63. The molecule has 1 aromatic rings. The lowest BCUT2D eigenvalue weighted by molar-refractivity contribution is 0.244. The first-order valence-corrected chi connectivity index (χ1v) is 6.93. The molecule has 1 fully saturated rings. The third-order valence-electron chi connectivity index (χ3n) is 3.53. The molecule has 0 heterocycles. The summed E-state index contributed by atoms with van der Waals surface area (Å²) in [4.78, 5) is 14.1. The van der Waals surface area contributed by atoms with Crippen LogP contribution in [0.2, 0.25) is 0 Å². The summed E-state index contributed by atoms with van der Waals surface area (Å²) in [5, 5.41) is 3.05. The van der Waals surface area contributed by atoms with Crippen LogP contribution in [0.5, 0.6) is 0 Å². The SMILES string of the molecule is CN(C(=O)NC1CCCC1)c1ccc(C(N)=S)cc1. The highest BCUT2D eigenvalue weighted by atomic mass is 32.1. The van der Waals surface area contributed by atoms with Gasteiger partial charge in [0, 0.05) is 24.3 Å². The average Bonchev–Trinajstić information content (AvgIpc) is 2.90. The highest BCUT2D eigenvalue weighted by Gasteiger charge is 2.19. The van der Waals surface area contributed by atoms with Crippen molar-refractivity contribution in [2.24, 2.45) is 5.73 Å². The average molecular weight is 277 g/mol. The molecule has 1 saturated carbocycles. The molecule has 1 aliphatic rings. The topological polar surface area (TPSA) is 58.4 Å². The molecule has 1 aliphatic carbocycles. The molecular weight excluding hydrogens is 258 g/mol. The summed E-state index contributed by atoms with van der Waals surface area (Å²) >= 11 is 4.90. The first-order valence-electron chi connectivity index (χ1n) is 6.52. The monoisotopic (exact) mass is 277 g/mol.